The van der Waals surface area contributed by atoms with Gasteiger partial charge in [-0.1, -0.05) is 73.5 Å². The van der Waals surface area contributed by atoms with Gasteiger partial charge in [0.25, 0.3) is 6.47 Å². The van der Waals surface area contributed by atoms with Crippen molar-refractivity contribution >= 4 is 12.6 Å². The number of ether oxygens (including phenoxy) is 2. The lowest BCUT2D eigenvalue weighted by Crippen LogP contribution is -2.31. The van der Waals surface area contributed by atoms with E-state index in [0.717, 1.165) is 61.1 Å². The third-order valence-corrected chi connectivity index (χ3v) is 6.02. The van der Waals surface area contributed by atoms with E-state index >= 15 is 0 Å². The minimum absolute atomic E-state index is 0.250. The molecule has 1 saturated carbocycles. The van der Waals surface area contributed by atoms with Gasteiger partial charge in [-0.3, -0.25) is 4.79 Å². The molecule has 3 N–H and O–H groups in total. The molecule has 0 aromatic carbocycles. The van der Waals surface area contributed by atoms with Crippen LogP contribution in [-0.2, 0) is 14.3 Å². The molecular formula is C33H63N3O5. The molecule has 0 aliphatic heterocycles. The second-order valence-corrected chi connectivity index (χ2v) is 9.24. The molecule has 0 aromatic rings. The Labute approximate surface area is 252 Å². The highest BCUT2D eigenvalue weighted by atomic mass is 16.6. The van der Waals surface area contributed by atoms with Crippen molar-refractivity contribution in [2.45, 2.75) is 126 Å². The maximum Gasteiger partial charge on any atom is 0.409 e. The van der Waals surface area contributed by atoms with Crippen LogP contribution in [0.15, 0.2) is 46.4 Å². The van der Waals surface area contributed by atoms with Gasteiger partial charge in [0, 0.05) is 20.6 Å². The van der Waals surface area contributed by atoms with Crippen LogP contribution >= 0.6 is 0 Å². The van der Waals surface area contributed by atoms with Crippen molar-refractivity contribution in [3.8, 4) is 0 Å². The summed E-state index contributed by atoms with van der Waals surface area (Å²) < 4.78 is 12.1. The fraction of sp³-hybridized carbons (Fsp3) is 0.697. The molecular weight excluding hydrogens is 518 g/mol. The third kappa shape index (κ3) is 20.7. The van der Waals surface area contributed by atoms with Crippen molar-refractivity contribution in [1.29, 1.82) is 0 Å². The maximum atomic E-state index is 12.3. The summed E-state index contributed by atoms with van der Waals surface area (Å²) in [7, 11) is 3.62. The molecule has 1 aliphatic rings. The second kappa shape index (κ2) is 30.2. The van der Waals surface area contributed by atoms with Crippen molar-refractivity contribution in [2.24, 2.45) is 0 Å². The van der Waals surface area contributed by atoms with Crippen LogP contribution in [0.5, 0.6) is 0 Å². The van der Waals surface area contributed by atoms with Crippen LogP contribution < -0.4 is 10.9 Å². The molecule has 8 heteroatoms. The molecule has 0 aromatic heterocycles. The van der Waals surface area contributed by atoms with Crippen LogP contribution in [0.1, 0.15) is 120 Å². The molecule has 0 bridgehead atoms. The van der Waals surface area contributed by atoms with Crippen molar-refractivity contribution in [3.63, 3.8) is 0 Å². The van der Waals surface area contributed by atoms with Gasteiger partial charge in [-0.15, -0.1) is 0 Å². The van der Waals surface area contributed by atoms with Gasteiger partial charge >= 0.3 is 6.09 Å². The summed E-state index contributed by atoms with van der Waals surface area (Å²) in [6.07, 6.45) is 16.2. The highest BCUT2D eigenvalue weighted by Gasteiger charge is 2.17. The molecule has 1 aliphatic carbocycles. The third-order valence-electron chi connectivity index (χ3n) is 6.02. The Morgan fingerprint density at radius 3 is 2.05 bits per heavy atom. The van der Waals surface area contributed by atoms with E-state index in [9.17, 15) is 4.79 Å². The van der Waals surface area contributed by atoms with E-state index < -0.39 is 0 Å². The monoisotopic (exact) mass is 581 g/mol. The van der Waals surface area contributed by atoms with Crippen LogP contribution in [0, 0.1) is 0 Å². The van der Waals surface area contributed by atoms with Crippen molar-refractivity contribution in [3.05, 3.63) is 46.4 Å². The van der Waals surface area contributed by atoms with Crippen LogP contribution in [-0.4, -0.2) is 55.9 Å². The molecule has 1 rings (SSSR count). The largest absolute Gasteiger partial charge is 0.490 e. The van der Waals surface area contributed by atoms with Crippen molar-refractivity contribution in [2.75, 3.05) is 27.2 Å². The number of amides is 1. The van der Waals surface area contributed by atoms with Gasteiger partial charge in [0.1, 0.15) is 12.4 Å². The van der Waals surface area contributed by atoms with E-state index in [0.29, 0.717) is 12.6 Å². The van der Waals surface area contributed by atoms with Gasteiger partial charge in [-0.2, -0.15) is 0 Å². The van der Waals surface area contributed by atoms with Crippen LogP contribution in [0.3, 0.4) is 0 Å². The normalized spacial score (nSPS) is 14.5. The Kier molecular flexibility index (Phi) is 31.5. The molecule has 1 amide bonds. The number of nitrogens with one attached hydrogen (secondary N) is 2. The Balaban J connectivity index is -0.00000189. The summed E-state index contributed by atoms with van der Waals surface area (Å²) in [5.74, 6) is 0.946. The average molecular weight is 582 g/mol. The Bertz CT molecular complexity index is 782. The lowest BCUT2D eigenvalue weighted by molar-refractivity contribution is -0.122. The number of hydrogen-bond donors (Lipinski definition) is 3. The first-order valence-electron chi connectivity index (χ1n) is 15.6. The van der Waals surface area contributed by atoms with Gasteiger partial charge in [0.15, 0.2) is 0 Å². The SMILES string of the molecule is CC.CC.CC/C=C(C)/C(=C\C=C(C)\C(NNC)=C(\CCC)COC(=O)N(C)CCC)OC1CCCCC1.O=CO. The highest BCUT2D eigenvalue weighted by Crippen LogP contribution is 2.26. The zero-order valence-electron chi connectivity index (χ0n) is 28.2. The predicted molar refractivity (Wildman–Crippen MR) is 174 cm³/mol. The smallest absolute Gasteiger partial charge is 0.409 e. The quantitative estimate of drug-likeness (QED) is 0.0818. The van der Waals surface area contributed by atoms with Crippen LogP contribution in [0.2, 0.25) is 0 Å². The molecule has 8 nitrogen and oxygen atoms in total. The molecule has 0 spiro atoms. The highest BCUT2D eigenvalue weighted by molar-refractivity contribution is 5.67. The number of rotatable bonds is 14. The number of allylic oxidation sites excluding steroid dienone is 5. The number of hydrogen-bond acceptors (Lipinski definition) is 6. The fourth-order valence-electron chi connectivity index (χ4n) is 4.16. The van der Waals surface area contributed by atoms with E-state index in [1.165, 1.54) is 24.8 Å². The number of nitrogens with zero attached hydrogens (tertiary/aromatic N) is 1. The predicted octanol–water partition coefficient (Wildman–Crippen LogP) is 8.53. The summed E-state index contributed by atoms with van der Waals surface area (Å²) in [5, 5.41) is 6.89. The minimum atomic E-state index is -0.288. The van der Waals surface area contributed by atoms with Crippen molar-refractivity contribution < 1.29 is 24.2 Å². The summed E-state index contributed by atoms with van der Waals surface area (Å²) in [5.41, 5.74) is 10.6. The van der Waals surface area contributed by atoms with E-state index in [1.807, 2.05) is 41.7 Å². The first-order chi connectivity index (χ1) is 19.8. The molecule has 41 heavy (non-hydrogen) atoms. The van der Waals surface area contributed by atoms with Crippen molar-refractivity contribution in [1.82, 2.24) is 15.8 Å². The number of carbonyl (C=O) groups excluding carboxylic acids is 1. The van der Waals surface area contributed by atoms with Gasteiger partial charge < -0.3 is 24.9 Å². The van der Waals surface area contributed by atoms with Crippen LogP contribution in [0.4, 0.5) is 4.79 Å². The Morgan fingerprint density at radius 2 is 1.56 bits per heavy atom. The molecule has 240 valence electrons. The van der Waals surface area contributed by atoms with E-state index in [1.54, 1.807) is 11.9 Å². The topological polar surface area (TPSA) is 100 Å². The lowest BCUT2D eigenvalue weighted by atomic mass is 9.97. The van der Waals surface area contributed by atoms with Crippen LogP contribution in [0.25, 0.3) is 0 Å². The summed E-state index contributed by atoms with van der Waals surface area (Å²) in [6.45, 7) is 19.2. The average Bonchev–Trinajstić information content (AvgIpc) is 2.99. The summed E-state index contributed by atoms with van der Waals surface area (Å²) in [6, 6.07) is 0. The van der Waals surface area contributed by atoms with E-state index in [2.05, 4.69) is 56.8 Å². The number of hydrazine groups is 1. The first kappa shape index (κ1) is 42.7. The standard InChI is InChI=1S/C28H49N3O3.2C2H6.CH2O2/c1-8-14-22(4)26(34-25-16-12-11-13-17-25)19-18-23(5)27(30-29-6)24(15-9-2)21-33-28(32)31(7)20-10-3;2*1-2;2-1-3/h14,18-19,25,29-30H,8-13,15-17,20-21H2,1-7H3;2*1-2H3;1H,(H,2,3)/b22-14+,23-18+,26-19+,27-24+;;;. The lowest BCUT2D eigenvalue weighted by Gasteiger charge is -2.25. The number of carboxylic acid groups (broad SMARTS) is 1. The van der Waals surface area contributed by atoms with E-state index in [4.69, 9.17) is 19.4 Å². The van der Waals surface area contributed by atoms with Gasteiger partial charge in [0.2, 0.25) is 0 Å². The van der Waals surface area contributed by atoms with E-state index in [-0.39, 0.29) is 19.2 Å². The Morgan fingerprint density at radius 1 is 0.976 bits per heavy atom. The first-order valence-corrected chi connectivity index (χ1v) is 15.6. The van der Waals surface area contributed by atoms with Gasteiger partial charge in [-0.25, -0.2) is 10.2 Å². The van der Waals surface area contributed by atoms with Gasteiger partial charge in [-0.05, 0) is 81.6 Å². The zero-order valence-corrected chi connectivity index (χ0v) is 28.2. The second-order valence-electron chi connectivity index (χ2n) is 9.24. The number of carbonyl (C=O) groups is 2. The van der Waals surface area contributed by atoms with Gasteiger partial charge in [0.05, 0.1) is 11.8 Å². The molecule has 0 radical (unpaired) electrons. The summed E-state index contributed by atoms with van der Waals surface area (Å²) >= 11 is 0. The molecule has 0 saturated heterocycles. The Hall–Kier alpha value is -2.74. The maximum absolute atomic E-state index is 12.3. The molecule has 0 heterocycles. The fourth-order valence-corrected chi connectivity index (χ4v) is 4.16. The zero-order chi connectivity index (χ0) is 32.1. The summed E-state index contributed by atoms with van der Waals surface area (Å²) in [4.78, 5) is 22.3. The molecule has 1 fully saturated rings. The molecule has 0 atom stereocenters. The molecule has 0 unspecified atom stereocenters. The minimum Gasteiger partial charge on any atom is -0.490 e.